The highest BCUT2D eigenvalue weighted by Crippen LogP contribution is 2.41. The van der Waals surface area contributed by atoms with Gasteiger partial charge in [-0.15, -0.1) is 0 Å². The lowest BCUT2D eigenvalue weighted by Crippen LogP contribution is -2.44. The summed E-state index contributed by atoms with van der Waals surface area (Å²) in [5, 5.41) is 0. The van der Waals surface area contributed by atoms with Gasteiger partial charge >= 0.3 is 0 Å². The maximum Gasteiger partial charge on any atom is 0.189 e. The molecule has 0 aromatic rings. The van der Waals surface area contributed by atoms with Crippen LogP contribution in [0, 0.1) is 5.41 Å². The highest BCUT2D eigenvalue weighted by molar-refractivity contribution is 6.72. The Labute approximate surface area is 185 Å². The maximum atomic E-state index is 6.20. The van der Waals surface area contributed by atoms with E-state index in [9.17, 15) is 0 Å². The fourth-order valence-electron chi connectivity index (χ4n) is 4.54. The van der Waals surface area contributed by atoms with Crippen LogP contribution in [0.15, 0.2) is 0 Å². The Morgan fingerprint density at radius 2 is 1.00 bits per heavy atom. The second kappa shape index (κ2) is 15.8. The molecule has 0 fully saturated rings. The van der Waals surface area contributed by atoms with E-state index in [1.54, 1.807) is 0 Å². The van der Waals surface area contributed by atoms with Crippen molar-refractivity contribution in [2.75, 3.05) is 67.5 Å². The van der Waals surface area contributed by atoms with E-state index in [0.717, 1.165) is 0 Å². The van der Waals surface area contributed by atoms with Gasteiger partial charge in [0.2, 0.25) is 0 Å². The normalized spacial score (nSPS) is 14.9. The Bertz CT molecular complexity index is 350. The van der Waals surface area contributed by atoms with Crippen LogP contribution in [0.2, 0.25) is 18.6 Å². The molecule has 0 aromatic carbocycles. The largest absolute Gasteiger partial charge is 0.420 e. The molecule has 0 heterocycles. The molecule has 0 N–H and O–H groups in total. The molecule has 0 bridgehead atoms. The second-order valence-corrected chi connectivity index (χ2v) is 14.2. The average Bonchev–Trinajstić information content (AvgIpc) is 2.69. The van der Waals surface area contributed by atoms with E-state index in [4.69, 9.17) is 4.43 Å². The van der Waals surface area contributed by atoms with Crippen LogP contribution in [0.4, 0.5) is 0 Å². The van der Waals surface area contributed by atoms with Gasteiger partial charge in [0.25, 0.3) is 0 Å². The molecule has 0 saturated heterocycles. The number of hydrogen-bond acceptors (Lipinski definition) is 4. The van der Waals surface area contributed by atoms with Gasteiger partial charge < -0.3 is 19.1 Å². The molecule has 0 aliphatic carbocycles. The lowest BCUT2D eigenvalue weighted by atomic mass is 9.79. The van der Waals surface area contributed by atoms with Gasteiger partial charge in [-0.05, 0) is 123 Å². The minimum Gasteiger partial charge on any atom is -0.420 e. The third kappa shape index (κ3) is 12.5. The van der Waals surface area contributed by atoms with Crippen molar-refractivity contribution in [2.45, 2.75) is 84.9 Å². The van der Waals surface area contributed by atoms with E-state index in [1.807, 2.05) is 7.11 Å². The zero-order valence-corrected chi connectivity index (χ0v) is 22.6. The molecule has 176 valence electrons. The van der Waals surface area contributed by atoms with Crippen molar-refractivity contribution in [1.82, 2.24) is 14.7 Å². The van der Waals surface area contributed by atoms with E-state index < -0.39 is 8.32 Å². The van der Waals surface area contributed by atoms with Crippen molar-refractivity contribution < 1.29 is 4.43 Å². The zero-order valence-electron chi connectivity index (χ0n) is 21.6. The molecule has 1 unspecified atom stereocenters. The summed E-state index contributed by atoms with van der Waals surface area (Å²) in [6, 6.07) is 2.51. The third-order valence-electron chi connectivity index (χ3n) is 6.88. The van der Waals surface area contributed by atoms with E-state index in [1.165, 1.54) is 89.9 Å². The van der Waals surface area contributed by atoms with Crippen LogP contribution in [0.3, 0.4) is 0 Å². The van der Waals surface area contributed by atoms with Gasteiger partial charge in [-0.2, -0.15) is 0 Å². The quantitative estimate of drug-likeness (QED) is 0.255. The van der Waals surface area contributed by atoms with E-state index in [0.29, 0.717) is 5.41 Å². The first kappa shape index (κ1) is 29.1. The molecule has 0 aromatic heterocycles. The van der Waals surface area contributed by atoms with Crippen LogP contribution in [0.1, 0.15) is 66.2 Å². The molecule has 0 saturated carbocycles. The molecule has 29 heavy (non-hydrogen) atoms. The second-order valence-electron chi connectivity index (χ2n) is 9.84. The van der Waals surface area contributed by atoms with Crippen LogP contribution in [0.25, 0.3) is 0 Å². The van der Waals surface area contributed by atoms with Gasteiger partial charge in [-0.1, -0.05) is 27.7 Å². The summed E-state index contributed by atoms with van der Waals surface area (Å²) in [7, 11) is 7.21. The van der Waals surface area contributed by atoms with E-state index >= 15 is 0 Å². The smallest absolute Gasteiger partial charge is 0.189 e. The van der Waals surface area contributed by atoms with Gasteiger partial charge in [-0.25, -0.2) is 0 Å². The lowest BCUT2D eigenvalue weighted by molar-refractivity contribution is 0.150. The minimum absolute atomic E-state index is 0.388. The Kier molecular flexibility index (Phi) is 15.8. The van der Waals surface area contributed by atoms with Crippen LogP contribution in [-0.4, -0.2) is 90.5 Å². The first-order chi connectivity index (χ1) is 13.7. The van der Waals surface area contributed by atoms with Gasteiger partial charge in [-0.3, -0.25) is 0 Å². The summed E-state index contributed by atoms with van der Waals surface area (Å²) in [6.07, 6.45) is 7.62. The fourth-order valence-corrected chi connectivity index (χ4v) is 7.34. The maximum absolute atomic E-state index is 6.20. The molecule has 0 amide bonds. The first-order valence-corrected chi connectivity index (χ1v) is 15.1. The lowest BCUT2D eigenvalue weighted by Gasteiger charge is -2.42. The Morgan fingerprint density at radius 3 is 1.24 bits per heavy atom. The van der Waals surface area contributed by atoms with Gasteiger partial charge in [0, 0.05) is 7.11 Å². The summed E-state index contributed by atoms with van der Waals surface area (Å²) in [5.41, 5.74) is 0.388. The molecular formula is C24H55N3OSi. The molecule has 5 heteroatoms. The molecule has 4 nitrogen and oxygen atoms in total. The first-order valence-electron chi connectivity index (χ1n) is 12.3. The monoisotopic (exact) mass is 429 g/mol. The predicted molar refractivity (Wildman–Crippen MR) is 134 cm³/mol. The summed E-state index contributed by atoms with van der Waals surface area (Å²) in [5.74, 6) is 0. The standard InChI is InChI=1S/C24H55N3OSi/c1-10-17-25(5)20-14-24(15-21-26(6)18-11-2,16-22-27(7)19-12-3)23-29(9,13-4)28-8/h10-23H2,1-9H3. The summed E-state index contributed by atoms with van der Waals surface area (Å²) in [4.78, 5) is 7.62. The van der Waals surface area contributed by atoms with Crippen LogP contribution in [0.5, 0.6) is 0 Å². The average molecular weight is 430 g/mol. The Balaban J connectivity index is 5.54. The third-order valence-corrected chi connectivity index (χ3v) is 10.9. The molecule has 0 aliphatic rings. The van der Waals surface area contributed by atoms with Crippen molar-refractivity contribution >= 4 is 8.32 Å². The van der Waals surface area contributed by atoms with E-state index in [-0.39, 0.29) is 0 Å². The number of rotatable bonds is 19. The molecular weight excluding hydrogens is 374 g/mol. The fraction of sp³-hybridized carbons (Fsp3) is 1.00. The summed E-state index contributed by atoms with van der Waals surface area (Å²) >= 11 is 0. The van der Waals surface area contributed by atoms with Crippen LogP contribution < -0.4 is 0 Å². The summed E-state index contributed by atoms with van der Waals surface area (Å²) in [6.45, 7) is 18.9. The van der Waals surface area contributed by atoms with Gasteiger partial charge in [0.15, 0.2) is 8.32 Å². The van der Waals surface area contributed by atoms with Crippen molar-refractivity contribution in [1.29, 1.82) is 0 Å². The highest BCUT2D eigenvalue weighted by Gasteiger charge is 2.39. The van der Waals surface area contributed by atoms with Crippen molar-refractivity contribution in [3.63, 3.8) is 0 Å². The van der Waals surface area contributed by atoms with Crippen LogP contribution >= 0.6 is 0 Å². The topological polar surface area (TPSA) is 19.0 Å². The van der Waals surface area contributed by atoms with Crippen molar-refractivity contribution in [3.8, 4) is 0 Å². The SMILES string of the molecule is CCCN(C)CCC(CCN(C)CCC)(CCN(C)CCC)C[Si](C)(CC)OC. The molecule has 1 atom stereocenters. The molecule has 0 radical (unpaired) electrons. The van der Waals surface area contributed by atoms with Gasteiger partial charge in [0.05, 0.1) is 0 Å². The highest BCUT2D eigenvalue weighted by atomic mass is 28.4. The van der Waals surface area contributed by atoms with Crippen molar-refractivity contribution in [2.24, 2.45) is 5.41 Å². The number of nitrogens with zero attached hydrogens (tertiary/aromatic N) is 3. The molecule has 0 spiro atoms. The minimum atomic E-state index is -1.66. The summed E-state index contributed by atoms with van der Waals surface area (Å²) < 4.78 is 6.20. The van der Waals surface area contributed by atoms with E-state index in [2.05, 4.69) is 70.1 Å². The molecule has 0 rings (SSSR count). The number of hydrogen-bond donors (Lipinski definition) is 0. The molecule has 0 aliphatic heterocycles. The Hall–Kier alpha value is 0.0569. The Morgan fingerprint density at radius 1 is 0.655 bits per heavy atom. The zero-order chi connectivity index (χ0) is 22.3. The predicted octanol–water partition coefficient (Wildman–Crippen LogP) is 5.41. The van der Waals surface area contributed by atoms with Crippen LogP contribution in [-0.2, 0) is 4.43 Å². The van der Waals surface area contributed by atoms with Crippen molar-refractivity contribution in [3.05, 3.63) is 0 Å². The van der Waals surface area contributed by atoms with Gasteiger partial charge in [0.1, 0.15) is 0 Å².